The quantitative estimate of drug-likeness (QED) is 0.568. The maximum Gasteiger partial charge on any atom is 0.213 e. The molecule has 0 unspecified atom stereocenters. The highest BCUT2D eigenvalue weighted by Crippen LogP contribution is 2.09. The molecule has 0 aliphatic heterocycles. The Morgan fingerprint density at radius 3 is 2.53 bits per heavy atom. The lowest BCUT2D eigenvalue weighted by Crippen LogP contribution is -2.22. The summed E-state index contributed by atoms with van der Waals surface area (Å²) in [6, 6.07) is 2.80. The fourth-order valence-corrected chi connectivity index (χ4v) is 0.955. The predicted octanol–water partition coefficient (Wildman–Crippen LogP) is 2.41. The van der Waals surface area contributed by atoms with Crippen molar-refractivity contribution in [2.24, 2.45) is 0 Å². The molecule has 0 fully saturated rings. The van der Waals surface area contributed by atoms with Crippen LogP contribution >= 0.6 is 0 Å². The van der Waals surface area contributed by atoms with Crippen LogP contribution in [0.4, 0.5) is 4.39 Å². The minimum Gasteiger partial charge on any atom is -0.490 e. The largest absolute Gasteiger partial charge is 0.490 e. The topological polar surface area (TPSA) is 31.4 Å². The first-order valence-corrected chi connectivity index (χ1v) is 4.86. The molecule has 0 spiro atoms. The average molecular weight is 213 g/mol. The van der Waals surface area contributed by atoms with E-state index in [1.165, 1.54) is 12.3 Å². The highest BCUT2D eigenvalue weighted by Gasteiger charge is 2.09. The number of nitrogens with zero attached hydrogens (tertiary/aromatic N) is 1. The lowest BCUT2D eigenvalue weighted by atomic mass is 10.2. The number of hydrogen-bond acceptors (Lipinski definition) is 3. The summed E-state index contributed by atoms with van der Waals surface area (Å²) >= 11 is 0. The Bertz CT molecular complexity index is 292. The minimum absolute atomic E-state index is 0.162. The summed E-state index contributed by atoms with van der Waals surface area (Å²) in [5.74, 6) is 0.0437. The van der Waals surface area contributed by atoms with Crippen molar-refractivity contribution in [2.75, 3.05) is 13.2 Å². The summed E-state index contributed by atoms with van der Waals surface area (Å²) in [4.78, 5) is 3.47. The van der Waals surface area contributed by atoms with Crippen LogP contribution in [-0.4, -0.2) is 23.8 Å². The first-order valence-electron chi connectivity index (χ1n) is 4.86. The number of halogens is 1. The van der Waals surface area contributed by atoms with Gasteiger partial charge < -0.3 is 9.47 Å². The Labute approximate surface area is 89.2 Å². The molecule has 0 aliphatic rings. The Kier molecular flexibility index (Phi) is 4.03. The van der Waals surface area contributed by atoms with Crippen molar-refractivity contribution in [3.8, 4) is 5.75 Å². The van der Waals surface area contributed by atoms with Gasteiger partial charge in [-0.1, -0.05) is 0 Å². The first kappa shape index (κ1) is 11.9. The second-order valence-electron chi connectivity index (χ2n) is 4.13. The molecule has 1 rings (SSSR count). The Morgan fingerprint density at radius 1 is 1.27 bits per heavy atom. The Hall–Kier alpha value is -1.16. The molecular weight excluding hydrogens is 197 g/mol. The molecule has 84 valence electrons. The standard InChI is InChI=1S/C11H16FNO2/c1-11(2,3)15-7-6-14-9-4-5-10(12)13-8-9/h4-5,8H,6-7H2,1-3H3. The fourth-order valence-electron chi connectivity index (χ4n) is 0.955. The molecule has 3 nitrogen and oxygen atoms in total. The van der Waals surface area contributed by atoms with Crippen molar-refractivity contribution in [2.45, 2.75) is 26.4 Å². The average Bonchev–Trinajstić information content (AvgIpc) is 2.14. The molecule has 1 aromatic rings. The molecule has 0 aromatic carbocycles. The summed E-state index contributed by atoms with van der Waals surface area (Å²) in [5.41, 5.74) is -0.162. The van der Waals surface area contributed by atoms with E-state index >= 15 is 0 Å². The van der Waals surface area contributed by atoms with Crippen molar-refractivity contribution >= 4 is 0 Å². The van der Waals surface area contributed by atoms with E-state index in [0.29, 0.717) is 19.0 Å². The summed E-state index contributed by atoms with van der Waals surface area (Å²) < 4.78 is 23.2. The third-order valence-corrected chi connectivity index (χ3v) is 1.59. The van der Waals surface area contributed by atoms with E-state index in [1.54, 1.807) is 6.07 Å². The number of pyridine rings is 1. The van der Waals surface area contributed by atoms with Crippen LogP contribution in [0.2, 0.25) is 0 Å². The molecule has 0 bridgehead atoms. The minimum atomic E-state index is -0.506. The molecular formula is C11H16FNO2. The van der Waals surface area contributed by atoms with Gasteiger partial charge in [0.15, 0.2) is 0 Å². The molecule has 15 heavy (non-hydrogen) atoms. The van der Waals surface area contributed by atoms with Gasteiger partial charge in [0.25, 0.3) is 0 Å². The molecule has 1 heterocycles. The third kappa shape index (κ3) is 5.32. The van der Waals surface area contributed by atoms with Gasteiger partial charge in [-0.3, -0.25) is 0 Å². The van der Waals surface area contributed by atoms with Gasteiger partial charge in [0.05, 0.1) is 18.4 Å². The van der Waals surface area contributed by atoms with Crippen LogP contribution in [-0.2, 0) is 4.74 Å². The van der Waals surface area contributed by atoms with Gasteiger partial charge >= 0.3 is 0 Å². The van der Waals surface area contributed by atoms with Crippen molar-refractivity contribution in [3.05, 3.63) is 24.3 Å². The third-order valence-electron chi connectivity index (χ3n) is 1.59. The second kappa shape index (κ2) is 5.07. The van der Waals surface area contributed by atoms with Gasteiger partial charge in [-0.15, -0.1) is 0 Å². The summed E-state index contributed by atoms with van der Waals surface area (Å²) in [5, 5.41) is 0. The zero-order valence-electron chi connectivity index (χ0n) is 9.29. The van der Waals surface area contributed by atoms with Gasteiger partial charge in [-0.2, -0.15) is 4.39 Å². The molecule has 0 aliphatic carbocycles. The van der Waals surface area contributed by atoms with Crippen LogP contribution in [0, 0.1) is 5.95 Å². The van der Waals surface area contributed by atoms with Crippen molar-refractivity contribution in [1.82, 2.24) is 4.98 Å². The van der Waals surface area contributed by atoms with Crippen molar-refractivity contribution in [1.29, 1.82) is 0 Å². The zero-order chi connectivity index (χ0) is 11.3. The molecule has 0 amide bonds. The lowest BCUT2D eigenvalue weighted by Gasteiger charge is -2.19. The van der Waals surface area contributed by atoms with Gasteiger partial charge in [-0.05, 0) is 32.9 Å². The number of rotatable bonds is 4. The second-order valence-corrected chi connectivity index (χ2v) is 4.13. The van der Waals surface area contributed by atoms with Crippen molar-refractivity contribution < 1.29 is 13.9 Å². The van der Waals surface area contributed by atoms with E-state index in [1.807, 2.05) is 20.8 Å². The highest BCUT2D eigenvalue weighted by atomic mass is 19.1. The molecule has 4 heteroatoms. The van der Waals surface area contributed by atoms with E-state index < -0.39 is 5.95 Å². The van der Waals surface area contributed by atoms with Crippen LogP contribution < -0.4 is 4.74 Å². The van der Waals surface area contributed by atoms with Gasteiger partial charge in [0.2, 0.25) is 5.95 Å². The molecule has 0 N–H and O–H groups in total. The van der Waals surface area contributed by atoms with E-state index in [4.69, 9.17) is 9.47 Å². The van der Waals surface area contributed by atoms with Crippen LogP contribution in [0.15, 0.2) is 18.3 Å². The lowest BCUT2D eigenvalue weighted by molar-refractivity contribution is -0.0163. The number of hydrogen-bond donors (Lipinski definition) is 0. The highest BCUT2D eigenvalue weighted by molar-refractivity contribution is 5.15. The fraction of sp³-hybridized carbons (Fsp3) is 0.545. The smallest absolute Gasteiger partial charge is 0.213 e. The zero-order valence-corrected chi connectivity index (χ0v) is 9.29. The molecule has 1 aromatic heterocycles. The van der Waals surface area contributed by atoms with Gasteiger partial charge in [0, 0.05) is 0 Å². The molecule has 0 saturated heterocycles. The number of aromatic nitrogens is 1. The monoisotopic (exact) mass is 213 g/mol. The SMILES string of the molecule is CC(C)(C)OCCOc1ccc(F)nc1. The van der Waals surface area contributed by atoms with E-state index in [2.05, 4.69) is 4.98 Å². The van der Waals surface area contributed by atoms with E-state index in [9.17, 15) is 4.39 Å². The number of ether oxygens (including phenoxy) is 2. The van der Waals surface area contributed by atoms with Crippen molar-refractivity contribution in [3.63, 3.8) is 0 Å². The van der Waals surface area contributed by atoms with Crippen LogP contribution in [0.25, 0.3) is 0 Å². The Morgan fingerprint density at radius 2 is 2.00 bits per heavy atom. The van der Waals surface area contributed by atoms with Crippen LogP contribution in [0.5, 0.6) is 5.75 Å². The maximum absolute atomic E-state index is 12.4. The van der Waals surface area contributed by atoms with Crippen LogP contribution in [0.3, 0.4) is 0 Å². The van der Waals surface area contributed by atoms with Gasteiger partial charge in [-0.25, -0.2) is 4.98 Å². The van der Waals surface area contributed by atoms with E-state index in [0.717, 1.165) is 0 Å². The predicted molar refractivity (Wildman–Crippen MR) is 55.4 cm³/mol. The van der Waals surface area contributed by atoms with Gasteiger partial charge in [0.1, 0.15) is 12.4 Å². The summed E-state index contributed by atoms with van der Waals surface area (Å²) in [6.45, 7) is 6.87. The summed E-state index contributed by atoms with van der Waals surface area (Å²) in [6.07, 6.45) is 1.35. The molecule has 0 atom stereocenters. The van der Waals surface area contributed by atoms with Crippen LogP contribution in [0.1, 0.15) is 20.8 Å². The Balaban J connectivity index is 2.23. The normalized spacial score (nSPS) is 11.5. The summed E-state index contributed by atoms with van der Waals surface area (Å²) in [7, 11) is 0. The maximum atomic E-state index is 12.4. The first-order chi connectivity index (χ1) is 6.97. The van der Waals surface area contributed by atoms with E-state index in [-0.39, 0.29) is 5.60 Å². The molecule has 0 saturated carbocycles. The molecule has 0 radical (unpaired) electrons.